The molecular weight excluding hydrogens is 697 g/mol. The lowest BCUT2D eigenvalue weighted by atomic mass is 10.0. The number of rotatable bonds is 39. The van der Waals surface area contributed by atoms with Gasteiger partial charge < -0.3 is 20.1 Å². The second kappa shape index (κ2) is 41.7. The van der Waals surface area contributed by atoms with Crippen LogP contribution in [-0.4, -0.2) is 43.3 Å². The van der Waals surface area contributed by atoms with Crippen molar-refractivity contribution in [3.63, 3.8) is 0 Å². The summed E-state index contributed by atoms with van der Waals surface area (Å²) in [5, 5.41) is 0. The molecule has 310 valence electrons. The summed E-state index contributed by atoms with van der Waals surface area (Å²) in [7, 11) is -4.34. The lowest BCUT2D eigenvalue weighted by molar-refractivity contribution is -0.147. The first-order chi connectivity index (χ1) is 26.4. The maximum Gasteiger partial charge on any atom is 0.472 e. The molecule has 0 spiro atoms. The summed E-state index contributed by atoms with van der Waals surface area (Å²) in [6.07, 6.45) is 54.7. The van der Waals surface area contributed by atoms with Crippen LogP contribution < -0.4 is 5.73 Å². The molecule has 0 aliphatic heterocycles. The van der Waals surface area contributed by atoms with Crippen molar-refractivity contribution in [3.05, 3.63) is 85.3 Å². The Morgan fingerprint density at radius 3 is 1.48 bits per heavy atom. The fourth-order valence-corrected chi connectivity index (χ4v) is 6.26. The van der Waals surface area contributed by atoms with Crippen LogP contribution >= 0.6 is 7.82 Å². The SMILES string of the molecule is CCCCCCCCCC=CC=CC=CC=CC=CC=CC(=O)OC(CO/C=C\CCCCCCCCCCCCCCCC)COP(=O)(O)OCCN. The third kappa shape index (κ3) is 40.7. The van der Waals surface area contributed by atoms with Crippen LogP contribution in [-0.2, 0) is 27.9 Å². The Bertz CT molecular complexity index is 1100. The van der Waals surface area contributed by atoms with E-state index in [9.17, 15) is 14.3 Å². The number of esters is 1. The van der Waals surface area contributed by atoms with Crippen LogP contribution in [0, 0.1) is 0 Å². The number of unbranched alkanes of at least 4 members (excludes halogenated alkanes) is 21. The van der Waals surface area contributed by atoms with Crippen LogP contribution in [0.5, 0.6) is 0 Å². The third-order valence-electron chi connectivity index (χ3n) is 8.62. The second-order valence-electron chi connectivity index (χ2n) is 13.8. The molecule has 0 aliphatic carbocycles. The maximum absolute atomic E-state index is 12.4. The van der Waals surface area contributed by atoms with E-state index in [4.69, 9.17) is 24.3 Å². The van der Waals surface area contributed by atoms with Crippen molar-refractivity contribution in [2.75, 3.05) is 26.4 Å². The standard InChI is InChI=1S/C45H78NO7P/c1-3-5-7-9-11-13-15-17-19-21-22-23-24-26-28-30-32-34-36-38-45(47)53-44(43-52-54(48,49)51-41-39-46)42-50-40-37-35-33-31-29-27-25-20-18-16-14-12-10-8-6-4-2/h19,21-24,26,28,30,32,34,36-38,40,44H,3-18,20,25,27,29,31,33,35,39,41-43,46H2,1-2H3,(H,48,49)/b21-19?,23-22?,26-24?,30-28?,34-32?,38-36?,40-37-. The number of allylic oxidation sites excluding steroid dienone is 12. The van der Waals surface area contributed by atoms with Crippen LogP contribution in [0.25, 0.3) is 0 Å². The van der Waals surface area contributed by atoms with E-state index in [-0.39, 0.29) is 26.4 Å². The van der Waals surface area contributed by atoms with Gasteiger partial charge in [-0.2, -0.15) is 0 Å². The highest BCUT2D eigenvalue weighted by atomic mass is 31.2. The number of carbonyl (C=O) groups is 1. The zero-order valence-electron chi connectivity index (χ0n) is 34.2. The van der Waals surface area contributed by atoms with E-state index >= 15 is 0 Å². The molecule has 9 heteroatoms. The number of hydrogen-bond acceptors (Lipinski definition) is 7. The Morgan fingerprint density at radius 1 is 0.574 bits per heavy atom. The van der Waals surface area contributed by atoms with Crippen LogP contribution in [0.4, 0.5) is 0 Å². The first kappa shape index (κ1) is 51.5. The molecule has 0 aromatic rings. The summed E-state index contributed by atoms with van der Waals surface area (Å²) in [6, 6.07) is 0. The molecule has 0 saturated carbocycles. The number of phosphoric acid groups is 1. The van der Waals surface area contributed by atoms with E-state index in [2.05, 4.69) is 26.0 Å². The van der Waals surface area contributed by atoms with Gasteiger partial charge in [0, 0.05) is 12.6 Å². The molecule has 0 aromatic carbocycles. The van der Waals surface area contributed by atoms with Gasteiger partial charge >= 0.3 is 13.8 Å². The fourth-order valence-electron chi connectivity index (χ4n) is 5.50. The van der Waals surface area contributed by atoms with Crippen LogP contribution in [0.2, 0.25) is 0 Å². The molecule has 0 aliphatic rings. The van der Waals surface area contributed by atoms with Crippen LogP contribution in [0.3, 0.4) is 0 Å². The number of carbonyl (C=O) groups excluding carboxylic acids is 1. The minimum Gasteiger partial charge on any atom is -0.498 e. The number of phosphoric ester groups is 1. The average molecular weight is 776 g/mol. The Labute approximate surface area is 330 Å². The van der Waals surface area contributed by atoms with E-state index < -0.39 is 19.9 Å². The monoisotopic (exact) mass is 776 g/mol. The molecule has 8 nitrogen and oxygen atoms in total. The summed E-state index contributed by atoms with van der Waals surface area (Å²) < 4.78 is 32.9. The molecule has 0 rings (SSSR count). The molecule has 0 radical (unpaired) electrons. The smallest absolute Gasteiger partial charge is 0.472 e. The average Bonchev–Trinajstić information content (AvgIpc) is 3.16. The van der Waals surface area contributed by atoms with E-state index in [0.717, 1.165) is 19.3 Å². The van der Waals surface area contributed by atoms with E-state index in [1.807, 2.05) is 42.5 Å². The summed E-state index contributed by atoms with van der Waals surface area (Å²) >= 11 is 0. The molecule has 0 heterocycles. The van der Waals surface area contributed by atoms with Crippen molar-refractivity contribution in [1.82, 2.24) is 0 Å². The van der Waals surface area contributed by atoms with Gasteiger partial charge in [-0.05, 0) is 31.8 Å². The quantitative estimate of drug-likeness (QED) is 0.0158. The Morgan fingerprint density at radius 2 is 1.00 bits per heavy atom. The van der Waals surface area contributed by atoms with Gasteiger partial charge in [0.1, 0.15) is 6.61 Å². The van der Waals surface area contributed by atoms with Crippen molar-refractivity contribution in [2.45, 2.75) is 168 Å². The second-order valence-corrected chi connectivity index (χ2v) is 15.2. The first-order valence-corrected chi connectivity index (χ1v) is 22.7. The molecule has 0 aromatic heterocycles. The molecule has 54 heavy (non-hydrogen) atoms. The lowest BCUT2D eigenvalue weighted by Crippen LogP contribution is -2.27. The van der Waals surface area contributed by atoms with E-state index in [1.165, 1.54) is 134 Å². The van der Waals surface area contributed by atoms with Crippen molar-refractivity contribution < 1.29 is 32.8 Å². The van der Waals surface area contributed by atoms with Gasteiger partial charge in [0.15, 0.2) is 6.10 Å². The lowest BCUT2D eigenvalue weighted by Gasteiger charge is -2.18. The first-order valence-electron chi connectivity index (χ1n) is 21.2. The van der Waals surface area contributed by atoms with Gasteiger partial charge in [-0.1, -0.05) is 203 Å². The zero-order chi connectivity index (χ0) is 39.5. The van der Waals surface area contributed by atoms with Gasteiger partial charge in [0.25, 0.3) is 0 Å². The van der Waals surface area contributed by atoms with E-state index in [1.54, 1.807) is 24.5 Å². The highest BCUT2D eigenvalue weighted by Crippen LogP contribution is 2.43. The summed E-state index contributed by atoms with van der Waals surface area (Å²) in [4.78, 5) is 22.3. The minimum absolute atomic E-state index is 0.0416. The minimum atomic E-state index is -4.34. The fraction of sp³-hybridized carbons (Fsp3) is 0.667. The van der Waals surface area contributed by atoms with Gasteiger partial charge in [-0.25, -0.2) is 9.36 Å². The highest BCUT2D eigenvalue weighted by molar-refractivity contribution is 7.47. The molecular formula is C45H78NO7P. The Balaban J connectivity index is 4.36. The van der Waals surface area contributed by atoms with Crippen molar-refractivity contribution in [3.8, 4) is 0 Å². The molecule has 0 bridgehead atoms. The number of hydrogen-bond donors (Lipinski definition) is 2. The van der Waals surface area contributed by atoms with Gasteiger partial charge in [0.05, 0.1) is 19.5 Å². The molecule has 2 atom stereocenters. The molecule has 0 fully saturated rings. The Kier molecular flexibility index (Phi) is 39.8. The summed E-state index contributed by atoms with van der Waals surface area (Å²) in [5.74, 6) is -0.632. The van der Waals surface area contributed by atoms with Crippen LogP contribution in [0.15, 0.2) is 85.3 Å². The van der Waals surface area contributed by atoms with E-state index in [0.29, 0.717) is 0 Å². The predicted molar refractivity (Wildman–Crippen MR) is 228 cm³/mol. The third-order valence-corrected chi connectivity index (χ3v) is 9.60. The highest BCUT2D eigenvalue weighted by Gasteiger charge is 2.24. The van der Waals surface area contributed by atoms with Gasteiger partial charge in [-0.3, -0.25) is 9.05 Å². The zero-order valence-corrected chi connectivity index (χ0v) is 35.1. The molecule has 0 amide bonds. The molecule has 0 saturated heterocycles. The summed E-state index contributed by atoms with van der Waals surface area (Å²) in [5.41, 5.74) is 5.34. The maximum atomic E-state index is 12.4. The topological polar surface area (TPSA) is 117 Å². The van der Waals surface area contributed by atoms with Crippen LogP contribution in [0.1, 0.15) is 162 Å². The van der Waals surface area contributed by atoms with Crippen molar-refractivity contribution >= 4 is 13.8 Å². The Hall–Kier alpha value is -2.48. The molecule has 2 unspecified atom stereocenters. The van der Waals surface area contributed by atoms with Gasteiger partial charge in [0.2, 0.25) is 0 Å². The predicted octanol–water partition coefficient (Wildman–Crippen LogP) is 12.9. The van der Waals surface area contributed by atoms with Crippen molar-refractivity contribution in [2.24, 2.45) is 5.73 Å². The van der Waals surface area contributed by atoms with Crippen molar-refractivity contribution in [1.29, 1.82) is 0 Å². The van der Waals surface area contributed by atoms with Gasteiger partial charge in [-0.15, -0.1) is 0 Å². The number of ether oxygens (including phenoxy) is 2. The number of nitrogens with two attached hydrogens (primary N) is 1. The largest absolute Gasteiger partial charge is 0.498 e. The normalized spacial score (nSPS) is 14.3. The summed E-state index contributed by atoms with van der Waals surface area (Å²) in [6.45, 7) is 4.03. The molecule has 3 N–H and O–H groups in total.